The molecule has 11 nitrogen and oxygen atoms in total. The van der Waals surface area contributed by atoms with E-state index in [4.69, 9.17) is 17.2 Å². The van der Waals surface area contributed by atoms with Crippen molar-refractivity contribution in [3.63, 3.8) is 0 Å². The van der Waals surface area contributed by atoms with E-state index in [9.17, 15) is 19.7 Å². The van der Waals surface area contributed by atoms with Gasteiger partial charge in [0.2, 0.25) is 18.1 Å². The maximum absolute atomic E-state index is 13.5. The molecule has 3 rings (SSSR count). The number of amides is 2. The van der Waals surface area contributed by atoms with Gasteiger partial charge in [0.15, 0.2) is 5.96 Å². The minimum Gasteiger partial charge on any atom is -0.370 e. The number of carbonyl (C=O) groups excluding carboxylic acids is 2. The Balaban J connectivity index is 1.79. The third kappa shape index (κ3) is 7.74. The molecule has 38 heavy (non-hydrogen) atoms. The maximum atomic E-state index is 13.5. The number of guanidine groups is 1. The molecule has 2 atom stereocenters. The molecule has 0 unspecified atom stereocenters. The number of nitrogens with two attached hydrogens (primary N) is 3. The smallest absolute Gasteiger partial charge is 0.268 e. The maximum Gasteiger partial charge on any atom is 0.268 e. The predicted octanol–water partition coefficient (Wildman–Crippen LogP) is 1.21. The van der Waals surface area contributed by atoms with Gasteiger partial charge in [-0.1, -0.05) is 72.8 Å². The number of nitro groups is 1. The van der Waals surface area contributed by atoms with E-state index in [2.05, 4.69) is 15.6 Å². The molecular formula is C27H33N7O4. The molecule has 3 aromatic rings. The fourth-order valence-corrected chi connectivity index (χ4v) is 4.28. The summed E-state index contributed by atoms with van der Waals surface area (Å²) >= 11 is 0. The molecule has 0 radical (unpaired) electrons. The van der Waals surface area contributed by atoms with Crippen LogP contribution >= 0.6 is 0 Å². The molecule has 2 amide bonds. The summed E-state index contributed by atoms with van der Waals surface area (Å²) in [6.45, 7) is -0.216. The first kappa shape index (κ1) is 28.1. The lowest BCUT2D eigenvalue weighted by Crippen LogP contribution is -2.62. The first-order valence-corrected chi connectivity index (χ1v) is 12.3. The molecule has 0 aliphatic rings. The second-order valence-corrected chi connectivity index (χ2v) is 8.99. The van der Waals surface area contributed by atoms with Gasteiger partial charge in [0, 0.05) is 24.3 Å². The molecule has 0 fully saturated rings. The number of benzene rings is 3. The van der Waals surface area contributed by atoms with Gasteiger partial charge in [0.05, 0.1) is 6.04 Å². The number of rotatable bonds is 13. The van der Waals surface area contributed by atoms with Gasteiger partial charge in [-0.15, -0.1) is 0 Å². The topological polar surface area (TPSA) is 192 Å². The van der Waals surface area contributed by atoms with Crippen LogP contribution in [0, 0.1) is 10.1 Å². The van der Waals surface area contributed by atoms with Crippen LogP contribution in [0.4, 0.5) is 0 Å². The highest BCUT2D eigenvalue weighted by atomic mass is 16.6. The molecule has 0 heterocycles. The monoisotopic (exact) mass is 519 g/mol. The van der Waals surface area contributed by atoms with E-state index in [-0.39, 0.29) is 25.8 Å². The average molecular weight is 520 g/mol. The summed E-state index contributed by atoms with van der Waals surface area (Å²) in [5, 5.41) is 18.5. The predicted molar refractivity (Wildman–Crippen MR) is 147 cm³/mol. The lowest BCUT2D eigenvalue weighted by atomic mass is 9.99. The Morgan fingerprint density at radius 3 is 2.39 bits per heavy atom. The van der Waals surface area contributed by atoms with Crippen LogP contribution in [0.5, 0.6) is 0 Å². The minimum absolute atomic E-state index is 0.0608. The van der Waals surface area contributed by atoms with Gasteiger partial charge in [0.1, 0.15) is 0 Å². The van der Waals surface area contributed by atoms with E-state index in [0.29, 0.717) is 6.42 Å². The first-order chi connectivity index (χ1) is 18.2. The van der Waals surface area contributed by atoms with Crippen molar-refractivity contribution >= 4 is 28.5 Å². The van der Waals surface area contributed by atoms with E-state index < -0.39 is 40.9 Å². The Labute approximate surface area is 220 Å². The summed E-state index contributed by atoms with van der Waals surface area (Å²) in [7, 11) is 0. The number of carbonyl (C=O) groups is 2. The van der Waals surface area contributed by atoms with E-state index >= 15 is 0 Å². The summed E-state index contributed by atoms with van der Waals surface area (Å²) in [5.41, 5.74) is 17.3. The summed E-state index contributed by atoms with van der Waals surface area (Å²) in [5.74, 6) is -1.80. The van der Waals surface area contributed by atoms with Crippen LogP contribution in [0.1, 0.15) is 24.0 Å². The molecule has 11 heteroatoms. The largest absolute Gasteiger partial charge is 0.370 e. The average Bonchev–Trinajstić information content (AvgIpc) is 2.88. The fourth-order valence-electron chi connectivity index (χ4n) is 4.28. The number of nitrogens with one attached hydrogen (secondary N) is 2. The molecule has 8 N–H and O–H groups in total. The van der Waals surface area contributed by atoms with Crippen molar-refractivity contribution in [2.45, 2.75) is 37.4 Å². The van der Waals surface area contributed by atoms with Crippen LogP contribution in [-0.4, -0.2) is 47.5 Å². The SMILES string of the molecule is NC(N)=N[C@@](CCC[N+](=O)[O-])(NC(=O)[C@H](N)Cc1ccccc1)C(=O)NCCc1cccc2ccccc12. The highest BCUT2D eigenvalue weighted by Gasteiger charge is 2.41. The van der Waals surface area contributed by atoms with Crippen LogP contribution in [0.15, 0.2) is 77.8 Å². The fraction of sp³-hybridized carbons (Fsp3) is 0.296. The second-order valence-electron chi connectivity index (χ2n) is 8.99. The normalized spacial score (nSPS) is 13.2. The van der Waals surface area contributed by atoms with Gasteiger partial charge in [-0.05, 0) is 34.7 Å². The quantitative estimate of drug-likeness (QED) is 0.0969. The number of aliphatic imine (C=N–C) groups is 1. The Morgan fingerprint density at radius 2 is 1.68 bits per heavy atom. The second kappa shape index (κ2) is 13.2. The Morgan fingerprint density at radius 1 is 1.00 bits per heavy atom. The van der Waals surface area contributed by atoms with Crippen LogP contribution in [0.3, 0.4) is 0 Å². The third-order valence-corrected chi connectivity index (χ3v) is 6.10. The van der Waals surface area contributed by atoms with E-state index in [1.54, 1.807) is 0 Å². The van der Waals surface area contributed by atoms with Crippen LogP contribution < -0.4 is 27.8 Å². The first-order valence-electron chi connectivity index (χ1n) is 12.3. The standard InChI is InChI=1S/C27H33N7O4/c28-23(18-19-8-2-1-3-9-19)24(35)32-27(33-26(29)30,15-7-17-34(37)38)25(36)31-16-14-21-12-6-11-20-10-4-5-13-22(20)21/h1-6,8-13,23H,7,14-18,28H2,(H,31,36)(H,32,35)(H4,29,30,33)/t23-,27-/m1/s1. The molecule has 0 spiro atoms. The number of hydrogen-bond acceptors (Lipinski definition) is 6. The van der Waals surface area contributed by atoms with Gasteiger partial charge in [-0.3, -0.25) is 19.7 Å². The van der Waals surface area contributed by atoms with Crippen molar-refractivity contribution < 1.29 is 14.5 Å². The lowest BCUT2D eigenvalue weighted by Gasteiger charge is -2.30. The molecule has 3 aromatic carbocycles. The van der Waals surface area contributed by atoms with Crippen molar-refractivity contribution in [2.75, 3.05) is 13.1 Å². The van der Waals surface area contributed by atoms with Gasteiger partial charge in [-0.25, -0.2) is 4.99 Å². The van der Waals surface area contributed by atoms with Crippen LogP contribution in [0.25, 0.3) is 10.8 Å². The molecule has 0 saturated heterocycles. The molecule has 0 saturated carbocycles. The lowest BCUT2D eigenvalue weighted by molar-refractivity contribution is -0.480. The van der Waals surface area contributed by atoms with Crippen LogP contribution in [0.2, 0.25) is 0 Å². The van der Waals surface area contributed by atoms with Crippen molar-refractivity contribution in [2.24, 2.45) is 22.2 Å². The van der Waals surface area contributed by atoms with Crippen molar-refractivity contribution in [1.29, 1.82) is 0 Å². The van der Waals surface area contributed by atoms with E-state index in [1.807, 2.05) is 72.8 Å². The Bertz CT molecular complexity index is 1290. The van der Waals surface area contributed by atoms with Crippen molar-refractivity contribution in [3.8, 4) is 0 Å². The van der Waals surface area contributed by atoms with E-state index in [0.717, 1.165) is 21.9 Å². The highest BCUT2D eigenvalue weighted by molar-refractivity contribution is 5.95. The molecule has 0 aliphatic carbocycles. The molecular weight excluding hydrogens is 486 g/mol. The van der Waals surface area contributed by atoms with Crippen molar-refractivity contribution in [3.05, 3.63) is 94.0 Å². The Hall–Kier alpha value is -4.51. The minimum atomic E-state index is -1.96. The van der Waals surface area contributed by atoms with Gasteiger partial charge >= 0.3 is 0 Å². The summed E-state index contributed by atoms with van der Waals surface area (Å²) < 4.78 is 0. The zero-order valence-corrected chi connectivity index (χ0v) is 21.0. The zero-order chi connectivity index (χ0) is 27.5. The summed E-state index contributed by atoms with van der Waals surface area (Å²) in [6, 6.07) is 22.0. The molecule has 0 bridgehead atoms. The van der Waals surface area contributed by atoms with Crippen molar-refractivity contribution in [1.82, 2.24) is 10.6 Å². The zero-order valence-electron chi connectivity index (χ0n) is 21.0. The van der Waals surface area contributed by atoms with Gasteiger partial charge < -0.3 is 27.8 Å². The molecule has 0 aliphatic heterocycles. The van der Waals surface area contributed by atoms with E-state index in [1.165, 1.54) is 0 Å². The number of nitrogens with zero attached hydrogens (tertiary/aromatic N) is 2. The molecule has 200 valence electrons. The third-order valence-electron chi connectivity index (χ3n) is 6.10. The number of hydrogen-bond donors (Lipinski definition) is 5. The Kier molecular flexibility index (Phi) is 9.72. The number of fused-ring (bicyclic) bond motifs is 1. The van der Waals surface area contributed by atoms with Gasteiger partial charge in [0.25, 0.3) is 5.91 Å². The highest BCUT2D eigenvalue weighted by Crippen LogP contribution is 2.20. The summed E-state index contributed by atoms with van der Waals surface area (Å²) in [4.78, 5) is 41.1. The molecule has 0 aromatic heterocycles. The van der Waals surface area contributed by atoms with Crippen LogP contribution in [-0.2, 0) is 22.4 Å². The van der Waals surface area contributed by atoms with Gasteiger partial charge in [-0.2, -0.15) is 0 Å². The summed E-state index contributed by atoms with van der Waals surface area (Å²) in [6.07, 6.45) is 0.452.